The van der Waals surface area contributed by atoms with Crippen molar-refractivity contribution in [1.29, 1.82) is 0 Å². The van der Waals surface area contributed by atoms with Crippen molar-refractivity contribution in [2.75, 3.05) is 13.1 Å². The Balaban J connectivity index is 2.49. The van der Waals surface area contributed by atoms with E-state index >= 15 is 0 Å². The van der Waals surface area contributed by atoms with Gasteiger partial charge in [0.15, 0.2) is 0 Å². The van der Waals surface area contributed by atoms with Gasteiger partial charge in [0, 0.05) is 19.5 Å². The van der Waals surface area contributed by atoms with Crippen molar-refractivity contribution in [1.82, 2.24) is 4.90 Å². The highest BCUT2D eigenvalue weighted by Crippen LogP contribution is 2.21. The third-order valence-electron chi connectivity index (χ3n) is 2.63. The molecular weight excluding hydrogens is 222 g/mol. The standard InChI is InChI=1S/C12H21NO4/c1-12(2,3)17-11(16)13-6-4-5-9(8-13)7-10(14)15/h9H,4-8H2,1-3H3,(H,14,15). The number of likely N-dealkylation sites (tertiary alicyclic amines) is 1. The molecule has 1 aliphatic heterocycles. The summed E-state index contributed by atoms with van der Waals surface area (Å²) in [5.41, 5.74) is -0.503. The molecule has 0 saturated carbocycles. The zero-order valence-corrected chi connectivity index (χ0v) is 10.7. The van der Waals surface area contributed by atoms with Crippen LogP contribution in [0.3, 0.4) is 0 Å². The predicted octanol–water partition coefficient (Wildman–Crippen LogP) is 2.11. The predicted molar refractivity (Wildman–Crippen MR) is 62.8 cm³/mol. The van der Waals surface area contributed by atoms with Gasteiger partial charge in [-0.25, -0.2) is 4.79 Å². The summed E-state index contributed by atoms with van der Waals surface area (Å²) < 4.78 is 5.27. The van der Waals surface area contributed by atoms with Crippen LogP contribution in [0.1, 0.15) is 40.0 Å². The molecule has 0 radical (unpaired) electrons. The zero-order chi connectivity index (χ0) is 13.1. The van der Waals surface area contributed by atoms with Crippen LogP contribution in [0.2, 0.25) is 0 Å². The minimum atomic E-state index is -0.805. The van der Waals surface area contributed by atoms with Crippen LogP contribution in [0.4, 0.5) is 4.79 Å². The molecule has 1 atom stereocenters. The van der Waals surface area contributed by atoms with Crippen molar-refractivity contribution >= 4 is 12.1 Å². The van der Waals surface area contributed by atoms with Crippen molar-refractivity contribution in [3.8, 4) is 0 Å². The molecule has 1 saturated heterocycles. The molecule has 1 heterocycles. The summed E-state index contributed by atoms with van der Waals surface area (Å²) in [7, 11) is 0. The number of amides is 1. The second-order valence-electron chi connectivity index (χ2n) is 5.53. The van der Waals surface area contributed by atoms with E-state index in [1.807, 2.05) is 20.8 Å². The second-order valence-corrected chi connectivity index (χ2v) is 5.53. The number of nitrogens with zero attached hydrogens (tertiary/aromatic N) is 1. The van der Waals surface area contributed by atoms with Gasteiger partial charge in [0.2, 0.25) is 0 Å². The minimum Gasteiger partial charge on any atom is -0.481 e. The van der Waals surface area contributed by atoms with E-state index in [0.717, 1.165) is 12.8 Å². The average molecular weight is 243 g/mol. The first-order valence-corrected chi connectivity index (χ1v) is 5.97. The van der Waals surface area contributed by atoms with Gasteiger partial charge in [0.1, 0.15) is 5.60 Å². The second kappa shape index (κ2) is 5.38. The summed E-state index contributed by atoms with van der Waals surface area (Å²) in [4.78, 5) is 24.1. The molecule has 5 nitrogen and oxygen atoms in total. The van der Waals surface area contributed by atoms with Gasteiger partial charge in [0.05, 0.1) is 0 Å². The Morgan fingerprint density at radius 1 is 1.41 bits per heavy atom. The van der Waals surface area contributed by atoms with Gasteiger partial charge in [-0.2, -0.15) is 0 Å². The first kappa shape index (κ1) is 13.8. The fourth-order valence-electron chi connectivity index (χ4n) is 1.97. The number of hydrogen-bond acceptors (Lipinski definition) is 3. The van der Waals surface area contributed by atoms with Gasteiger partial charge in [-0.1, -0.05) is 0 Å². The van der Waals surface area contributed by atoms with Gasteiger partial charge < -0.3 is 14.7 Å². The highest BCUT2D eigenvalue weighted by molar-refractivity contribution is 5.69. The molecule has 98 valence electrons. The largest absolute Gasteiger partial charge is 0.481 e. The zero-order valence-electron chi connectivity index (χ0n) is 10.7. The molecule has 1 rings (SSSR count). The molecule has 1 fully saturated rings. The van der Waals surface area contributed by atoms with E-state index in [4.69, 9.17) is 9.84 Å². The highest BCUT2D eigenvalue weighted by atomic mass is 16.6. The topological polar surface area (TPSA) is 66.8 Å². The molecule has 0 aromatic heterocycles. The van der Waals surface area contributed by atoms with Crippen molar-refractivity contribution in [2.24, 2.45) is 5.92 Å². The maximum Gasteiger partial charge on any atom is 0.410 e. The lowest BCUT2D eigenvalue weighted by Crippen LogP contribution is -2.43. The van der Waals surface area contributed by atoms with Crippen LogP contribution >= 0.6 is 0 Å². The molecule has 1 unspecified atom stereocenters. The average Bonchev–Trinajstić information content (AvgIpc) is 2.14. The summed E-state index contributed by atoms with van der Waals surface area (Å²) in [5, 5.41) is 8.74. The first-order chi connectivity index (χ1) is 7.78. The van der Waals surface area contributed by atoms with Crippen LogP contribution in [-0.4, -0.2) is 40.8 Å². The normalized spacial score (nSPS) is 21.1. The summed E-state index contributed by atoms with van der Waals surface area (Å²) >= 11 is 0. The Hall–Kier alpha value is -1.26. The van der Waals surface area contributed by atoms with E-state index < -0.39 is 11.6 Å². The van der Waals surface area contributed by atoms with E-state index in [-0.39, 0.29) is 18.4 Å². The minimum absolute atomic E-state index is 0.0498. The van der Waals surface area contributed by atoms with Crippen molar-refractivity contribution in [3.63, 3.8) is 0 Å². The van der Waals surface area contributed by atoms with Gasteiger partial charge in [-0.05, 0) is 39.5 Å². The molecule has 0 bridgehead atoms. The van der Waals surface area contributed by atoms with Crippen LogP contribution in [0.25, 0.3) is 0 Å². The number of piperidine rings is 1. The Morgan fingerprint density at radius 2 is 2.06 bits per heavy atom. The molecular formula is C12H21NO4. The Kier molecular flexibility index (Phi) is 4.37. The van der Waals surface area contributed by atoms with Crippen LogP contribution in [0, 0.1) is 5.92 Å². The summed E-state index contributed by atoms with van der Waals surface area (Å²) in [6.07, 6.45) is 1.50. The van der Waals surface area contributed by atoms with E-state index in [9.17, 15) is 9.59 Å². The molecule has 1 N–H and O–H groups in total. The molecule has 0 aromatic carbocycles. The Labute approximate surface area is 102 Å². The van der Waals surface area contributed by atoms with E-state index in [2.05, 4.69) is 0 Å². The van der Waals surface area contributed by atoms with Crippen molar-refractivity contribution < 1.29 is 19.4 Å². The van der Waals surface area contributed by atoms with Crippen molar-refractivity contribution in [2.45, 2.75) is 45.6 Å². The quantitative estimate of drug-likeness (QED) is 0.806. The monoisotopic (exact) mass is 243 g/mol. The lowest BCUT2D eigenvalue weighted by atomic mass is 9.95. The van der Waals surface area contributed by atoms with Crippen molar-refractivity contribution in [3.05, 3.63) is 0 Å². The van der Waals surface area contributed by atoms with Gasteiger partial charge in [-0.15, -0.1) is 0 Å². The molecule has 1 amide bonds. The SMILES string of the molecule is CC(C)(C)OC(=O)N1CCCC(CC(=O)O)C1. The number of rotatable bonds is 2. The fraction of sp³-hybridized carbons (Fsp3) is 0.833. The molecule has 5 heteroatoms. The Bertz CT molecular complexity index is 295. The van der Waals surface area contributed by atoms with E-state index in [1.165, 1.54) is 0 Å². The van der Waals surface area contributed by atoms with Gasteiger partial charge in [-0.3, -0.25) is 4.79 Å². The number of carbonyl (C=O) groups excluding carboxylic acids is 1. The third-order valence-corrected chi connectivity index (χ3v) is 2.63. The lowest BCUT2D eigenvalue weighted by molar-refractivity contribution is -0.138. The molecule has 0 spiro atoms. The number of aliphatic carboxylic acids is 1. The number of carboxylic acids is 1. The summed E-state index contributed by atoms with van der Waals surface area (Å²) in [5.74, 6) is -0.755. The van der Waals surface area contributed by atoms with Gasteiger partial charge in [0.25, 0.3) is 0 Å². The maximum atomic E-state index is 11.8. The number of carboxylic acid groups (broad SMARTS) is 1. The smallest absolute Gasteiger partial charge is 0.410 e. The van der Waals surface area contributed by atoms with Crippen LogP contribution < -0.4 is 0 Å². The highest BCUT2D eigenvalue weighted by Gasteiger charge is 2.28. The molecule has 1 aliphatic rings. The molecule has 0 aliphatic carbocycles. The lowest BCUT2D eigenvalue weighted by Gasteiger charge is -2.33. The van der Waals surface area contributed by atoms with Crippen LogP contribution in [0.5, 0.6) is 0 Å². The first-order valence-electron chi connectivity index (χ1n) is 5.97. The number of carbonyl (C=O) groups is 2. The third kappa shape index (κ3) is 5.06. The summed E-state index contributed by atoms with van der Waals surface area (Å²) in [6, 6.07) is 0. The summed E-state index contributed by atoms with van der Waals surface area (Å²) in [6.45, 7) is 6.61. The number of ether oxygens (including phenoxy) is 1. The van der Waals surface area contributed by atoms with Gasteiger partial charge >= 0.3 is 12.1 Å². The fourth-order valence-corrected chi connectivity index (χ4v) is 1.97. The van der Waals surface area contributed by atoms with E-state index in [1.54, 1.807) is 4.90 Å². The van der Waals surface area contributed by atoms with E-state index in [0.29, 0.717) is 13.1 Å². The van der Waals surface area contributed by atoms with Crippen LogP contribution in [-0.2, 0) is 9.53 Å². The molecule has 17 heavy (non-hydrogen) atoms. The molecule has 0 aromatic rings. The Morgan fingerprint density at radius 3 is 2.59 bits per heavy atom. The van der Waals surface area contributed by atoms with Crippen LogP contribution in [0.15, 0.2) is 0 Å². The number of hydrogen-bond donors (Lipinski definition) is 1. The maximum absolute atomic E-state index is 11.8.